The molecule has 1 aromatic heterocycles. The Hall–Kier alpha value is -1.00. The van der Waals surface area contributed by atoms with Gasteiger partial charge < -0.3 is 20.1 Å². The van der Waals surface area contributed by atoms with E-state index < -0.39 is 0 Å². The number of guanidine groups is 1. The summed E-state index contributed by atoms with van der Waals surface area (Å²) in [5.74, 6) is 2.18. The average Bonchev–Trinajstić information content (AvgIpc) is 3.02. The highest BCUT2D eigenvalue weighted by Gasteiger charge is 2.10. The fraction of sp³-hybridized carbons (Fsp3) is 0.389. The van der Waals surface area contributed by atoms with Crippen LogP contribution in [0.2, 0.25) is 0 Å². The Bertz CT molecular complexity index is 737. The van der Waals surface area contributed by atoms with Crippen LogP contribution in [0.25, 0.3) is 0 Å². The zero-order valence-corrected chi connectivity index (χ0v) is 20.1. The molecule has 0 spiro atoms. The molecule has 0 radical (unpaired) electrons. The van der Waals surface area contributed by atoms with E-state index in [4.69, 9.17) is 9.47 Å². The van der Waals surface area contributed by atoms with Crippen molar-refractivity contribution in [2.45, 2.75) is 26.9 Å². The fourth-order valence-electron chi connectivity index (χ4n) is 2.27. The standard InChI is InChI=1S/C18H24BrN3O2S.HI/c1-5-20-18(22-11-17-12(2)6-7-25-17)21-10-13-8-15(23-3)16(24-4)9-14(13)19;/h6-9H,5,10-11H2,1-4H3,(H2,20,21,22);1H. The maximum atomic E-state index is 5.37. The van der Waals surface area contributed by atoms with E-state index in [1.807, 2.05) is 12.1 Å². The van der Waals surface area contributed by atoms with E-state index >= 15 is 0 Å². The molecular weight excluding hydrogens is 529 g/mol. The molecule has 1 aromatic carbocycles. The highest BCUT2D eigenvalue weighted by Crippen LogP contribution is 2.33. The first-order chi connectivity index (χ1) is 12.1. The Morgan fingerprint density at radius 3 is 2.46 bits per heavy atom. The van der Waals surface area contributed by atoms with Gasteiger partial charge in [-0.3, -0.25) is 0 Å². The number of hydrogen-bond acceptors (Lipinski definition) is 4. The van der Waals surface area contributed by atoms with Gasteiger partial charge in [-0.05, 0) is 48.6 Å². The van der Waals surface area contributed by atoms with Crippen LogP contribution in [0.3, 0.4) is 0 Å². The van der Waals surface area contributed by atoms with Gasteiger partial charge >= 0.3 is 0 Å². The number of nitrogens with zero attached hydrogens (tertiary/aromatic N) is 1. The summed E-state index contributed by atoms with van der Waals surface area (Å²) in [5, 5.41) is 8.77. The molecule has 1 heterocycles. The second-order valence-corrected chi connectivity index (χ2v) is 7.23. The van der Waals surface area contributed by atoms with Crippen LogP contribution in [-0.4, -0.2) is 26.7 Å². The number of aliphatic imine (C=N–C) groups is 1. The van der Waals surface area contributed by atoms with Gasteiger partial charge in [-0.25, -0.2) is 4.99 Å². The minimum Gasteiger partial charge on any atom is -0.493 e. The van der Waals surface area contributed by atoms with E-state index in [2.05, 4.69) is 56.8 Å². The molecule has 5 nitrogen and oxygen atoms in total. The zero-order valence-electron chi connectivity index (χ0n) is 15.4. The first-order valence-electron chi connectivity index (χ1n) is 8.04. The van der Waals surface area contributed by atoms with E-state index in [1.165, 1.54) is 10.4 Å². The van der Waals surface area contributed by atoms with Crippen LogP contribution >= 0.6 is 51.2 Å². The van der Waals surface area contributed by atoms with Gasteiger partial charge in [0.1, 0.15) is 0 Å². The number of halogens is 2. The van der Waals surface area contributed by atoms with Crippen molar-refractivity contribution in [3.05, 3.63) is 44.1 Å². The van der Waals surface area contributed by atoms with Gasteiger partial charge in [0, 0.05) is 15.9 Å². The zero-order chi connectivity index (χ0) is 18.2. The van der Waals surface area contributed by atoms with E-state index in [-0.39, 0.29) is 24.0 Å². The maximum Gasteiger partial charge on any atom is 0.191 e. The normalized spacial score (nSPS) is 10.9. The molecule has 2 rings (SSSR count). The van der Waals surface area contributed by atoms with Crippen LogP contribution in [0, 0.1) is 6.92 Å². The van der Waals surface area contributed by atoms with Crippen LogP contribution < -0.4 is 20.1 Å². The first-order valence-corrected chi connectivity index (χ1v) is 9.71. The van der Waals surface area contributed by atoms with Gasteiger partial charge in [0.05, 0.1) is 27.3 Å². The molecule has 2 aromatic rings. The van der Waals surface area contributed by atoms with Crippen LogP contribution in [0.5, 0.6) is 11.5 Å². The summed E-state index contributed by atoms with van der Waals surface area (Å²) in [6.45, 7) is 6.28. The minimum absolute atomic E-state index is 0. The van der Waals surface area contributed by atoms with Crippen molar-refractivity contribution in [2.24, 2.45) is 4.99 Å². The fourth-order valence-corrected chi connectivity index (χ4v) is 3.57. The summed E-state index contributed by atoms with van der Waals surface area (Å²) in [4.78, 5) is 5.99. The molecule has 0 saturated carbocycles. The molecule has 0 atom stereocenters. The number of hydrogen-bond donors (Lipinski definition) is 2. The molecule has 0 aliphatic heterocycles. The predicted octanol–water partition coefficient (Wildman–Crippen LogP) is 4.71. The average molecular weight is 554 g/mol. The van der Waals surface area contributed by atoms with Crippen LogP contribution in [-0.2, 0) is 13.1 Å². The Labute approximate surface area is 184 Å². The molecule has 8 heteroatoms. The Morgan fingerprint density at radius 2 is 1.88 bits per heavy atom. The summed E-state index contributed by atoms with van der Waals surface area (Å²) in [7, 11) is 3.26. The summed E-state index contributed by atoms with van der Waals surface area (Å²) in [6.07, 6.45) is 0. The Morgan fingerprint density at radius 1 is 1.19 bits per heavy atom. The van der Waals surface area contributed by atoms with Crippen molar-refractivity contribution in [3.8, 4) is 11.5 Å². The Balaban J connectivity index is 0.00000338. The van der Waals surface area contributed by atoms with E-state index in [1.54, 1.807) is 25.6 Å². The molecule has 0 amide bonds. The molecule has 2 N–H and O–H groups in total. The van der Waals surface area contributed by atoms with Crippen LogP contribution in [0.15, 0.2) is 33.0 Å². The Kier molecular flexibility index (Phi) is 10.3. The van der Waals surface area contributed by atoms with Gasteiger partial charge in [0.15, 0.2) is 17.5 Å². The van der Waals surface area contributed by atoms with Crippen molar-refractivity contribution in [3.63, 3.8) is 0 Å². The van der Waals surface area contributed by atoms with Crippen LogP contribution in [0.4, 0.5) is 0 Å². The van der Waals surface area contributed by atoms with Gasteiger partial charge in [-0.1, -0.05) is 15.9 Å². The van der Waals surface area contributed by atoms with Gasteiger partial charge in [-0.2, -0.15) is 0 Å². The third-order valence-electron chi connectivity index (χ3n) is 3.69. The van der Waals surface area contributed by atoms with Crippen molar-refractivity contribution < 1.29 is 9.47 Å². The van der Waals surface area contributed by atoms with E-state index in [9.17, 15) is 0 Å². The molecule has 0 aliphatic rings. The number of thiophene rings is 1. The maximum absolute atomic E-state index is 5.37. The molecule has 0 saturated heterocycles. The summed E-state index contributed by atoms with van der Waals surface area (Å²) in [6, 6.07) is 5.98. The smallest absolute Gasteiger partial charge is 0.191 e. The largest absolute Gasteiger partial charge is 0.493 e. The number of benzene rings is 1. The molecule has 0 bridgehead atoms. The molecule has 0 unspecified atom stereocenters. The highest BCUT2D eigenvalue weighted by atomic mass is 127. The second-order valence-electron chi connectivity index (χ2n) is 5.37. The lowest BCUT2D eigenvalue weighted by molar-refractivity contribution is 0.354. The third kappa shape index (κ3) is 6.31. The van der Waals surface area contributed by atoms with E-state index in [0.717, 1.165) is 29.1 Å². The molecule has 0 fully saturated rings. The minimum atomic E-state index is 0. The summed E-state index contributed by atoms with van der Waals surface area (Å²) >= 11 is 5.33. The lowest BCUT2D eigenvalue weighted by Gasteiger charge is -2.13. The summed E-state index contributed by atoms with van der Waals surface area (Å²) in [5.41, 5.74) is 2.33. The van der Waals surface area contributed by atoms with Gasteiger partial charge in [0.2, 0.25) is 0 Å². The molecule has 26 heavy (non-hydrogen) atoms. The number of methoxy groups -OCH3 is 2. The molecule has 144 valence electrons. The van der Waals surface area contributed by atoms with Gasteiger partial charge in [0.25, 0.3) is 0 Å². The molecule has 0 aliphatic carbocycles. The van der Waals surface area contributed by atoms with Crippen molar-refractivity contribution in [1.82, 2.24) is 10.6 Å². The predicted molar refractivity (Wildman–Crippen MR) is 123 cm³/mol. The first kappa shape index (κ1) is 23.0. The highest BCUT2D eigenvalue weighted by molar-refractivity contribution is 14.0. The monoisotopic (exact) mass is 553 g/mol. The van der Waals surface area contributed by atoms with Gasteiger partial charge in [-0.15, -0.1) is 35.3 Å². The van der Waals surface area contributed by atoms with Crippen LogP contribution in [0.1, 0.15) is 22.9 Å². The van der Waals surface area contributed by atoms with Crippen molar-refractivity contribution in [2.75, 3.05) is 20.8 Å². The van der Waals surface area contributed by atoms with E-state index in [0.29, 0.717) is 18.0 Å². The number of rotatable bonds is 7. The number of ether oxygens (including phenoxy) is 2. The second kappa shape index (κ2) is 11.7. The summed E-state index contributed by atoms with van der Waals surface area (Å²) < 4.78 is 11.6. The number of nitrogens with one attached hydrogen (secondary N) is 2. The SMILES string of the molecule is CCNC(=NCc1cc(OC)c(OC)cc1Br)NCc1sccc1C.I. The topological polar surface area (TPSA) is 54.9 Å². The lowest BCUT2D eigenvalue weighted by Crippen LogP contribution is -2.36. The number of aryl methyl sites for hydroxylation is 1. The van der Waals surface area contributed by atoms with Crippen molar-refractivity contribution in [1.29, 1.82) is 0 Å². The lowest BCUT2D eigenvalue weighted by atomic mass is 10.2. The molecular formula is C18H25BrIN3O2S. The van der Waals surface area contributed by atoms with Crippen molar-refractivity contribution >= 4 is 57.2 Å². The third-order valence-corrected chi connectivity index (χ3v) is 5.45. The quantitative estimate of drug-likeness (QED) is 0.296.